The van der Waals surface area contributed by atoms with Crippen LogP contribution in [-0.4, -0.2) is 41.4 Å². The second kappa shape index (κ2) is 8.02. The number of amides is 1. The largest absolute Gasteiger partial charge is 0.320 e. The molecule has 4 rings (SSSR count). The van der Waals surface area contributed by atoms with E-state index < -0.39 is 10.8 Å². The highest BCUT2D eigenvalue weighted by molar-refractivity contribution is 7.99. The van der Waals surface area contributed by atoms with Crippen LogP contribution in [0.15, 0.2) is 66.0 Å². The number of fused-ring (bicyclic) bond motifs is 1. The van der Waals surface area contributed by atoms with Crippen LogP contribution in [0.4, 0.5) is 11.4 Å². The van der Waals surface area contributed by atoms with Crippen LogP contribution < -0.4 is 5.32 Å². The van der Waals surface area contributed by atoms with Gasteiger partial charge >= 0.3 is 0 Å². The summed E-state index contributed by atoms with van der Waals surface area (Å²) >= 11 is 1.13. The molecule has 29 heavy (non-hydrogen) atoms. The van der Waals surface area contributed by atoms with E-state index in [4.69, 9.17) is 0 Å². The molecule has 10 nitrogen and oxygen atoms in total. The number of nitro groups is 1. The lowest BCUT2D eigenvalue weighted by molar-refractivity contribution is -0.383. The van der Waals surface area contributed by atoms with Crippen molar-refractivity contribution in [2.75, 3.05) is 11.1 Å². The topological polar surface area (TPSA) is 128 Å². The van der Waals surface area contributed by atoms with Gasteiger partial charge in [0.2, 0.25) is 11.1 Å². The number of benzene rings is 1. The van der Waals surface area contributed by atoms with E-state index >= 15 is 0 Å². The molecule has 3 aromatic heterocycles. The molecular weight excluding hydrogens is 394 g/mol. The maximum atomic E-state index is 12.3. The molecule has 0 fully saturated rings. The van der Waals surface area contributed by atoms with Crippen molar-refractivity contribution in [3.63, 3.8) is 0 Å². The fourth-order valence-corrected chi connectivity index (χ4v) is 3.25. The molecule has 11 heteroatoms. The van der Waals surface area contributed by atoms with E-state index in [2.05, 4.69) is 25.6 Å². The molecule has 1 aromatic carbocycles. The zero-order valence-corrected chi connectivity index (χ0v) is 15.6. The number of carbonyl (C=O) groups excluding carboxylic acids is 1. The van der Waals surface area contributed by atoms with Gasteiger partial charge in [0, 0.05) is 12.3 Å². The molecule has 0 saturated heterocycles. The van der Waals surface area contributed by atoms with E-state index in [0.717, 1.165) is 11.8 Å². The van der Waals surface area contributed by atoms with Crippen molar-refractivity contribution >= 4 is 34.7 Å². The first-order valence-corrected chi connectivity index (χ1v) is 9.40. The van der Waals surface area contributed by atoms with Crippen LogP contribution in [0.2, 0.25) is 0 Å². The van der Waals surface area contributed by atoms with Crippen molar-refractivity contribution in [2.24, 2.45) is 0 Å². The first kappa shape index (κ1) is 18.5. The summed E-state index contributed by atoms with van der Waals surface area (Å²) in [5.74, 6) is -0.413. The number of rotatable bonds is 6. The van der Waals surface area contributed by atoms with Gasteiger partial charge in [-0.15, -0.1) is 10.2 Å². The van der Waals surface area contributed by atoms with E-state index in [-0.39, 0.29) is 17.1 Å². The first-order valence-electron chi connectivity index (χ1n) is 8.42. The van der Waals surface area contributed by atoms with Crippen LogP contribution in [-0.2, 0) is 4.79 Å². The number of carbonyl (C=O) groups is 1. The third kappa shape index (κ3) is 4.04. The van der Waals surface area contributed by atoms with Gasteiger partial charge in [0.25, 0.3) is 5.69 Å². The van der Waals surface area contributed by atoms with Crippen LogP contribution in [0.1, 0.15) is 0 Å². The minimum atomic E-state index is -0.544. The van der Waals surface area contributed by atoms with Crippen LogP contribution in [0, 0.1) is 10.1 Å². The molecule has 1 N–H and O–H groups in total. The van der Waals surface area contributed by atoms with Crippen molar-refractivity contribution in [3.05, 3.63) is 70.9 Å². The van der Waals surface area contributed by atoms with Crippen molar-refractivity contribution in [2.45, 2.75) is 5.16 Å². The Hall–Kier alpha value is -3.86. The molecule has 0 radical (unpaired) electrons. The highest BCUT2D eigenvalue weighted by Crippen LogP contribution is 2.24. The van der Waals surface area contributed by atoms with E-state index in [1.807, 2.05) is 18.2 Å². The molecule has 0 spiro atoms. The van der Waals surface area contributed by atoms with Crippen LogP contribution in [0.3, 0.4) is 0 Å². The van der Waals surface area contributed by atoms with Crippen LogP contribution in [0.5, 0.6) is 0 Å². The van der Waals surface area contributed by atoms with Gasteiger partial charge in [-0.2, -0.15) is 9.61 Å². The van der Waals surface area contributed by atoms with E-state index in [0.29, 0.717) is 22.2 Å². The number of pyridine rings is 1. The summed E-state index contributed by atoms with van der Waals surface area (Å²) in [5.41, 5.74) is 1.86. The Morgan fingerprint density at radius 1 is 1.07 bits per heavy atom. The summed E-state index contributed by atoms with van der Waals surface area (Å²) in [6.07, 6.45) is 1.68. The number of nitrogens with zero attached hydrogens (tertiary/aromatic N) is 6. The Bertz CT molecular complexity index is 1200. The predicted molar refractivity (Wildman–Crippen MR) is 106 cm³/mol. The number of aromatic nitrogens is 5. The molecule has 0 bridgehead atoms. The molecule has 0 unspecified atom stereocenters. The molecule has 3 heterocycles. The minimum absolute atomic E-state index is 0.0116. The van der Waals surface area contributed by atoms with Gasteiger partial charge in [0.05, 0.1) is 16.4 Å². The Morgan fingerprint density at radius 3 is 2.69 bits per heavy atom. The third-order valence-electron chi connectivity index (χ3n) is 3.87. The number of hydrogen-bond donors (Lipinski definition) is 1. The van der Waals surface area contributed by atoms with Gasteiger partial charge in [0.15, 0.2) is 5.65 Å². The van der Waals surface area contributed by atoms with Gasteiger partial charge in [-0.05, 0) is 30.3 Å². The average molecular weight is 407 g/mol. The smallest absolute Gasteiger partial charge is 0.292 e. The second-order valence-corrected chi connectivity index (χ2v) is 6.74. The van der Waals surface area contributed by atoms with Crippen molar-refractivity contribution < 1.29 is 9.72 Å². The Kier molecular flexibility index (Phi) is 5.12. The maximum absolute atomic E-state index is 12.3. The first-order chi connectivity index (χ1) is 14.1. The van der Waals surface area contributed by atoms with Crippen LogP contribution in [0.25, 0.3) is 17.0 Å². The standard InChI is InChI=1S/C18H13N7O3S/c26-17(20-14-6-1-2-7-15(14)25(27)28)11-29-18-22-21-16-9-8-13(23-24(16)18)12-5-3-4-10-19-12/h1-10H,11H2,(H,20,26). The Morgan fingerprint density at radius 2 is 1.90 bits per heavy atom. The molecule has 0 atom stereocenters. The molecule has 4 aromatic rings. The molecule has 0 aliphatic rings. The van der Waals surface area contributed by atoms with Crippen molar-refractivity contribution in [1.29, 1.82) is 0 Å². The van der Waals surface area contributed by atoms with Gasteiger partial charge in [0.1, 0.15) is 11.4 Å². The fourth-order valence-electron chi connectivity index (χ4n) is 2.57. The van der Waals surface area contributed by atoms with Crippen molar-refractivity contribution in [3.8, 4) is 11.4 Å². The van der Waals surface area contributed by atoms with Gasteiger partial charge in [-0.1, -0.05) is 30.0 Å². The number of para-hydroxylation sites is 2. The lowest BCUT2D eigenvalue weighted by Gasteiger charge is -2.05. The molecular formula is C18H13N7O3S. The average Bonchev–Trinajstić information content (AvgIpc) is 3.15. The Labute approximate surface area is 168 Å². The second-order valence-electron chi connectivity index (χ2n) is 5.80. The van der Waals surface area contributed by atoms with E-state index in [9.17, 15) is 14.9 Å². The normalized spacial score (nSPS) is 10.8. The number of nitro benzene ring substituents is 1. The monoisotopic (exact) mass is 407 g/mol. The number of thioether (sulfide) groups is 1. The molecule has 1 amide bonds. The zero-order valence-electron chi connectivity index (χ0n) is 14.8. The highest BCUT2D eigenvalue weighted by atomic mass is 32.2. The van der Waals surface area contributed by atoms with E-state index in [1.54, 1.807) is 24.4 Å². The summed E-state index contributed by atoms with van der Waals surface area (Å²) in [6.45, 7) is 0. The third-order valence-corrected chi connectivity index (χ3v) is 4.79. The van der Waals surface area contributed by atoms with Gasteiger partial charge in [-0.25, -0.2) is 0 Å². The van der Waals surface area contributed by atoms with Gasteiger partial charge < -0.3 is 5.32 Å². The molecule has 0 saturated carbocycles. The summed E-state index contributed by atoms with van der Waals surface area (Å²) in [6, 6.07) is 15.0. The Balaban J connectivity index is 1.50. The number of hydrogen-bond acceptors (Lipinski definition) is 8. The quantitative estimate of drug-likeness (QED) is 0.293. The summed E-state index contributed by atoms with van der Waals surface area (Å²) in [4.78, 5) is 27.0. The predicted octanol–water partition coefficient (Wildman–Crippen LogP) is 2.83. The van der Waals surface area contributed by atoms with Crippen LogP contribution >= 0.6 is 11.8 Å². The molecule has 0 aliphatic carbocycles. The SMILES string of the molecule is O=C(CSc1nnc2ccc(-c3ccccn3)nn12)Nc1ccccc1[N+](=O)[O-]. The van der Waals surface area contributed by atoms with E-state index in [1.165, 1.54) is 22.7 Å². The maximum Gasteiger partial charge on any atom is 0.292 e. The fraction of sp³-hybridized carbons (Fsp3) is 0.0556. The van der Waals surface area contributed by atoms with Crippen molar-refractivity contribution in [1.82, 2.24) is 24.8 Å². The summed E-state index contributed by atoms with van der Waals surface area (Å²) in [7, 11) is 0. The highest BCUT2D eigenvalue weighted by Gasteiger charge is 2.16. The number of anilines is 1. The van der Waals surface area contributed by atoms with Gasteiger partial charge in [-0.3, -0.25) is 19.9 Å². The summed E-state index contributed by atoms with van der Waals surface area (Å²) < 4.78 is 1.53. The molecule has 144 valence electrons. The lowest BCUT2D eigenvalue weighted by Crippen LogP contribution is -2.15. The molecule has 0 aliphatic heterocycles. The minimum Gasteiger partial charge on any atom is -0.320 e. The number of nitrogens with one attached hydrogen (secondary N) is 1. The zero-order chi connectivity index (χ0) is 20.2. The lowest BCUT2D eigenvalue weighted by atomic mass is 10.2. The summed E-state index contributed by atoms with van der Waals surface area (Å²) in [5, 5.41) is 26.6.